The van der Waals surface area contributed by atoms with Crippen molar-refractivity contribution in [2.45, 2.75) is 6.42 Å². The van der Waals surface area contributed by atoms with Gasteiger partial charge in [-0.15, -0.1) is 5.53 Å². The number of halogens is 1. The van der Waals surface area contributed by atoms with E-state index in [1.54, 1.807) is 23.0 Å². The highest BCUT2D eigenvalue weighted by atomic mass is 19.1. The molecule has 0 atom stereocenters. The molecular formula is C15H14FN7. The zero-order chi connectivity index (χ0) is 15.8. The minimum atomic E-state index is -0.268. The molecule has 3 aromatic rings. The average molecular weight is 311 g/mol. The Morgan fingerprint density at radius 1 is 1.17 bits per heavy atom. The van der Waals surface area contributed by atoms with Gasteiger partial charge in [0.15, 0.2) is 5.82 Å². The van der Waals surface area contributed by atoms with Crippen molar-refractivity contribution in [3.63, 3.8) is 0 Å². The van der Waals surface area contributed by atoms with Gasteiger partial charge in [0.05, 0.1) is 17.6 Å². The lowest BCUT2D eigenvalue weighted by molar-refractivity contribution is 0.627. The maximum atomic E-state index is 13.0. The summed E-state index contributed by atoms with van der Waals surface area (Å²) in [4.78, 5) is 4.20. The van der Waals surface area contributed by atoms with Crippen LogP contribution in [0.5, 0.6) is 0 Å². The van der Waals surface area contributed by atoms with Crippen LogP contribution in [-0.2, 0) is 6.42 Å². The van der Waals surface area contributed by atoms with Crippen LogP contribution in [-0.4, -0.2) is 14.8 Å². The van der Waals surface area contributed by atoms with E-state index in [2.05, 4.69) is 26.5 Å². The van der Waals surface area contributed by atoms with Crippen LogP contribution < -0.4 is 22.1 Å². The smallest absolute Gasteiger partial charge is 0.169 e. The number of anilines is 3. The third-order valence-electron chi connectivity index (χ3n) is 3.61. The molecule has 0 saturated heterocycles. The molecule has 0 bridgehead atoms. The van der Waals surface area contributed by atoms with Crippen LogP contribution in [0, 0.1) is 5.82 Å². The maximum Gasteiger partial charge on any atom is 0.169 e. The highest BCUT2D eigenvalue weighted by Gasteiger charge is 2.17. The largest absolute Gasteiger partial charge is 0.384 e. The van der Waals surface area contributed by atoms with Gasteiger partial charge in [-0.05, 0) is 41.5 Å². The molecule has 1 aliphatic heterocycles. The molecule has 0 spiro atoms. The van der Waals surface area contributed by atoms with Crippen molar-refractivity contribution in [1.82, 2.24) is 20.3 Å². The molecule has 0 saturated carbocycles. The van der Waals surface area contributed by atoms with Crippen LogP contribution in [0.4, 0.5) is 21.7 Å². The maximum absolute atomic E-state index is 13.0. The Labute approximate surface area is 131 Å². The molecule has 1 aromatic carbocycles. The number of aromatic nitrogens is 3. The number of nitrogens with two attached hydrogens (primary N) is 1. The molecule has 4 rings (SSSR count). The molecule has 5 N–H and O–H groups in total. The highest BCUT2D eigenvalue weighted by Crippen LogP contribution is 2.30. The number of hydrogen-bond donors (Lipinski definition) is 4. The summed E-state index contributed by atoms with van der Waals surface area (Å²) in [5.74, 6) is 0.851. The van der Waals surface area contributed by atoms with E-state index in [4.69, 9.17) is 5.73 Å². The third kappa shape index (κ3) is 2.55. The van der Waals surface area contributed by atoms with Crippen LogP contribution in [0.1, 0.15) is 11.1 Å². The highest BCUT2D eigenvalue weighted by molar-refractivity contribution is 5.74. The second kappa shape index (κ2) is 5.25. The molecule has 3 heterocycles. The average Bonchev–Trinajstić information content (AvgIpc) is 3.17. The molecular weight excluding hydrogens is 297 g/mol. The van der Waals surface area contributed by atoms with Gasteiger partial charge in [-0.1, -0.05) is 0 Å². The standard InChI is InChI=1S/C15H14FN7/c16-11-1-3-12(4-2-11)23-8-9(7-18-23)5-10-6-13(17)19-15-14(10)20-22-21-15/h1-4,6-8,20,22H,5H2,(H3,17,19,21). The summed E-state index contributed by atoms with van der Waals surface area (Å²) in [5, 5.41) is 4.32. The van der Waals surface area contributed by atoms with E-state index in [1.807, 2.05) is 12.3 Å². The number of rotatable bonds is 3. The summed E-state index contributed by atoms with van der Waals surface area (Å²) in [6, 6.07) is 8.02. The fraction of sp³-hybridized carbons (Fsp3) is 0.0667. The number of hydrogen-bond acceptors (Lipinski definition) is 6. The van der Waals surface area contributed by atoms with Crippen molar-refractivity contribution < 1.29 is 4.39 Å². The first kappa shape index (κ1) is 13.5. The third-order valence-corrected chi connectivity index (χ3v) is 3.61. The van der Waals surface area contributed by atoms with Crippen LogP contribution in [0.15, 0.2) is 42.7 Å². The molecule has 116 valence electrons. The lowest BCUT2D eigenvalue weighted by Crippen LogP contribution is -2.19. The van der Waals surface area contributed by atoms with E-state index in [-0.39, 0.29) is 5.82 Å². The number of nitrogens with one attached hydrogen (secondary N) is 3. The molecule has 0 aliphatic carbocycles. The predicted molar refractivity (Wildman–Crippen MR) is 85.4 cm³/mol. The number of nitrogen functional groups attached to an aromatic ring is 1. The van der Waals surface area contributed by atoms with E-state index in [0.717, 1.165) is 22.5 Å². The van der Waals surface area contributed by atoms with Crippen molar-refractivity contribution in [3.8, 4) is 5.69 Å². The van der Waals surface area contributed by atoms with Crippen molar-refractivity contribution in [3.05, 3.63) is 59.7 Å². The SMILES string of the molecule is Nc1cc(Cc2cnn(-c3ccc(F)cc3)c2)c2c(n1)NNN2. The normalized spacial score (nSPS) is 12.6. The van der Waals surface area contributed by atoms with Gasteiger partial charge in [0.2, 0.25) is 0 Å². The fourth-order valence-corrected chi connectivity index (χ4v) is 2.55. The van der Waals surface area contributed by atoms with Crippen LogP contribution >= 0.6 is 0 Å². The quantitative estimate of drug-likeness (QED) is 0.590. The van der Waals surface area contributed by atoms with Gasteiger partial charge in [-0.2, -0.15) is 5.10 Å². The van der Waals surface area contributed by atoms with Crippen molar-refractivity contribution in [2.24, 2.45) is 0 Å². The first-order valence-electron chi connectivity index (χ1n) is 7.05. The zero-order valence-corrected chi connectivity index (χ0v) is 12.0. The number of fused-ring (bicyclic) bond motifs is 1. The van der Waals surface area contributed by atoms with E-state index < -0.39 is 0 Å². The first-order chi connectivity index (χ1) is 11.2. The molecule has 0 fully saturated rings. The Bertz CT molecular complexity index is 857. The van der Waals surface area contributed by atoms with Crippen LogP contribution in [0.2, 0.25) is 0 Å². The van der Waals surface area contributed by atoms with Crippen LogP contribution in [0.3, 0.4) is 0 Å². The van der Waals surface area contributed by atoms with Crippen LogP contribution in [0.25, 0.3) is 5.69 Å². The molecule has 23 heavy (non-hydrogen) atoms. The molecule has 1 aliphatic rings. The van der Waals surface area contributed by atoms with Crippen molar-refractivity contribution in [1.29, 1.82) is 0 Å². The van der Waals surface area contributed by atoms with Gasteiger partial charge in [0, 0.05) is 12.6 Å². The van der Waals surface area contributed by atoms with Gasteiger partial charge >= 0.3 is 0 Å². The lowest BCUT2D eigenvalue weighted by atomic mass is 10.1. The minimum Gasteiger partial charge on any atom is -0.384 e. The number of pyridine rings is 1. The van der Waals surface area contributed by atoms with Crippen molar-refractivity contribution >= 4 is 17.3 Å². The Morgan fingerprint density at radius 3 is 2.83 bits per heavy atom. The number of benzene rings is 1. The Balaban J connectivity index is 1.62. The van der Waals surface area contributed by atoms with Gasteiger partial charge in [0.25, 0.3) is 0 Å². The summed E-state index contributed by atoms with van der Waals surface area (Å²) in [7, 11) is 0. The fourth-order valence-electron chi connectivity index (χ4n) is 2.55. The topological polar surface area (TPSA) is 92.8 Å². The lowest BCUT2D eigenvalue weighted by Gasteiger charge is -2.06. The van der Waals surface area contributed by atoms with Gasteiger partial charge in [-0.25, -0.2) is 14.1 Å². The number of hydrazine groups is 2. The van der Waals surface area contributed by atoms with Gasteiger partial charge in [0.1, 0.15) is 11.6 Å². The van der Waals surface area contributed by atoms with Gasteiger partial charge in [-0.3, -0.25) is 5.43 Å². The number of nitrogens with zero attached hydrogens (tertiary/aromatic N) is 3. The van der Waals surface area contributed by atoms with E-state index in [1.165, 1.54) is 12.1 Å². The molecule has 0 amide bonds. The van der Waals surface area contributed by atoms with E-state index in [9.17, 15) is 4.39 Å². The Morgan fingerprint density at radius 2 is 2.00 bits per heavy atom. The Kier molecular flexibility index (Phi) is 3.09. The molecule has 2 aromatic heterocycles. The minimum absolute atomic E-state index is 0.268. The van der Waals surface area contributed by atoms with E-state index >= 15 is 0 Å². The molecule has 0 radical (unpaired) electrons. The molecule has 8 heteroatoms. The zero-order valence-electron chi connectivity index (χ0n) is 12.0. The summed E-state index contributed by atoms with van der Waals surface area (Å²) in [6.07, 6.45) is 4.33. The monoisotopic (exact) mass is 311 g/mol. The first-order valence-corrected chi connectivity index (χ1v) is 7.05. The Hall–Kier alpha value is -3.13. The summed E-state index contributed by atoms with van der Waals surface area (Å²) in [5.41, 5.74) is 18.2. The van der Waals surface area contributed by atoms with Gasteiger partial charge < -0.3 is 11.2 Å². The molecule has 0 unspecified atom stereocenters. The molecule has 7 nitrogen and oxygen atoms in total. The predicted octanol–water partition coefficient (Wildman–Crippen LogP) is 1.84. The second-order valence-electron chi connectivity index (χ2n) is 5.25. The summed E-state index contributed by atoms with van der Waals surface area (Å²) in [6.45, 7) is 0. The van der Waals surface area contributed by atoms with E-state index in [0.29, 0.717) is 18.1 Å². The van der Waals surface area contributed by atoms with Crippen molar-refractivity contribution in [2.75, 3.05) is 16.6 Å². The summed E-state index contributed by atoms with van der Waals surface area (Å²) >= 11 is 0. The summed E-state index contributed by atoms with van der Waals surface area (Å²) < 4.78 is 14.7. The second-order valence-corrected chi connectivity index (χ2v) is 5.25.